The van der Waals surface area contributed by atoms with Gasteiger partial charge in [0.25, 0.3) is 5.69 Å². The third-order valence-electron chi connectivity index (χ3n) is 2.23. The van der Waals surface area contributed by atoms with Gasteiger partial charge in [-0.15, -0.1) is 0 Å². The molecule has 84 valence electrons. The van der Waals surface area contributed by atoms with E-state index in [-0.39, 0.29) is 17.8 Å². The van der Waals surface area contributed by atoms with Crippen LogP contribution >= 0.6 is 0 Å². The van der Waals surface area contributed by atoms with Gasteiger partial charge in [-0.25, -0.2) is 4.79 Å². The molecule has 0 bridgehead atoms. The predicted octanol–water partition coefficient (Wildman–Crippen LogP) is 1.88. The SMILES string of the molecule is O=C(Nc1cccc([N+](=O)[O-])c1)NC1CC1. The predicted molar refractivity (Wildman–Crippen MR) is 58.3 cm³/mol. The molecule has 0 unspecified atom stereocenters. The van der Waals surface area contributed by atoms with Crippen molar-refractivity contribution in [3.8, 4) is 0 Å². The van der Waals surface area contributed by atoms with E-state index in [4.69, 9.17) is 0 Å². The first kappa shape index (κ1) is 10.4. The second-order valence-corrected chi connectivity index (χ2v) is 3.68. The summed E-state index contributed by atoms with van der Waals surface area (Å²) in [5, 5.41) is 15.8. The van der Waals surface area contributed by atoms with Gasteiger partial charge in [-0.05, 0) is 18.9 Å². The molecule has 1 aliphatic rings. The topological polar surface area (TPSA) is 84.3 Å². The standard InChI is InChI=1S/C10H11N3O3/c14-10(11-7-4-5-7)12-8-2-1-3-9(6-8)13(15)16/h1-3,6-7H,4-5H2,(H2,11,12,14). The maximum Gasteiger partial charge on any atom is 0.319 e. The van der Waals surface area contributed by atoms with E-state index in [0.717, 1.165) is 12.8 Å². The molecule has 0 atom stereocenters. The number of hydrogen-bond acceptors (Lipinski definition) is 3. The molecule has 1 aromatic carbocycles. The van der Waals surface area contributed by atoms with Crippen molar-refractivity contribution in [3.05, 3.63) is 34.4 Å². The van der Waals surface area contributed by atoms with Gasteiger partial charge in [0.15, 0.2) is 0 Å². The van der Waals surface area contributed by atoms with Gasteiger partial charge < -0.3 is 10.6 Å². The molecule has 1 fully saturated rings. The highest BCUT2D eigenvalue weighted by atomic mass is 16.6. The van der Waals surface area contributed by atoms with Gasteiger partial charge in [-0.2, -0.15) is 0 Å². The van der Waals surface area contributed by atoms with Crippen molar-refractivity contribution in [2.45, 2.75) is 18.9 Å². The molecule has 1 saturated carbocycles. The summed E-state index contributed by atoms with van der Waals surface area (Å²) in [7, 11) is 0. The third kappa shape index (κ3) is 2.69. The van der Waals surface area contributed by atoms with Crippen LogP contribution in [0.3, 0.4) is 0 Å². The fraction of sp³-hybridized carbons (Fsp3) is 0.300. The van der Waals surface area contributed by atoms with Crippen molar-refractivity contribution in [1.82, 2.24) is 5.32 Å². The zero-order chi connectivity index (χ0) is 11.5. The van der Waals surface area contributed by atoms with Crippen LogP contribution in [0.5, 0.6) is 0 Å². The van der Waals surface area contributed by atoms with Gasteiger partial charge in [0.2, 0.25) is 0 Å². The lowest BCUT2D eigenvalue weighted by atomic mass is 10.3. The molecule has 16 heavy (non-hydrogen) atoms. The largest absolute Gasteiger partial charge is 0.335 e. The van der Waals surface area contributed by atoms with E-state index in [1.807, 2.05) is 0 Å². The maximum absolute atomic E-state index is 11.4. The molecular weight excluding hydrogens is 210 g/mol. The number of hydrogen-bond donors (Lipinski definition) is 2. The fourth-order valence-electron chi connectivity index (χ4n) is 1.28. The summed E-state index contributed by atoms with van der Waals surface area (Å²) in [4.78, 5) is 21.4. The maximum atomic E-state index is 11.4. The van der Waals surface area contributed by atoms with Gasteiger partial charge in [0.1, 0.15) is 0 Å². The van der Waals surface area contributed by atoms with Gasteiger partial charge in [-0.1, -0.05) is 6.07 Å². The Morgan fingerprint density at radius 2 is 2.19 bits per heavy atom. The quantitative estimate of drug-likeness (QED) is 0.603. The van der Waals surface area contributed by atoms with Crippen LogP contribution in [0, 0.1) is 10.1 Å². The van der Waals surface area contributed by atoms with Crippen molar-refractivity contribution < 1.29 is 9.72 Å². The van der Waals surface area contributed by atoms with Gasteiger partial charge in [0, 0.05) is 23.9 Å². The first-order valence-electron chi connectivity index (χ1n) is 4.97. The highest BCUT2D eigenvalue weighted by molar-refractivity contribution is 5.89. The van der Waals surface area contributed by atoms with Crippen LogP contribution in [0.2, 0.25) is 0 Å². The van der Waals surface area contributed by atoms with Gasteiger partial charge in [-0.3, -0.25) is 10.1 Å². The molecule has 0 spiro atoms. The highest BCUT2D eigenvalue weighted by Crippen LogP contribution is 2.20. The number of anilines is 1. The third-order valence-corrected chi connectivity index (χ3v) is 2.23. The second kappa shape index (κ2) is 4.18. The smallest absolute Gasteiger partial charge is 0.319 e. The van der Waals surface area contributed by atoms with E-state index in [9.17, 15) is 14.9 Å². The Bertz CT molecular complexity index is 429. The Balaban J connectivity index is 1.99. The van der Waals surface area contributed by atoms with Crippen LogP contribution in [0.1, 0.15) is 12.8 Å². The minimum atomic E-state index is -0.496. The number of nitro groups is 1. The van der Waals surface area contributed by atoms with Gasteiger partial charge in [0.05, 0.1) is 4.92 Å². The molecule has 1 aliphatic carbocycles. The van der Waals surface area contributed by atoms with E-state index in [1.165, 1.54) is 18.2 Å². The Kier molecular flexibility index (Phi) is 2.72. The van der Waals surface area contributed by atoms with E-state index < -0.39 is 4.92 Å². The minimum absolute atomic E-state index is 0.0378. The summed E-state index contributed by atoms with van der Waals surface area (Å²) in [5.74, 6) is 0. The average molecular weight is 221 g/mol. The number of rotatable bonds is 3. The second-order valence-electron chi connectivity index (χ2n) is 3.68. The molecule has 6 heteroatoms. The molecule has 2 N–H and O–H groups in total. The van der Waals surface area contributed by atoms with Crippen LogP contribution in [0.25, 0.3) is 0 Å². The normalized spacial score (nSPS) is 14.2. The van der Waals surface area contributed by atoms with Crippen molar-refractivity contribution in [1.29, 1.82) is 0 Å². The lowest BCUT2D eigenvalue weighted by Gasteiger charge is -2.05. The number of urea groups is 1. The zero-order valence-electron chi connectivity index (χ0n) is 8.47. The molecule has 6 nitrogen and oxygen atoms in total. The number of carbonyl (C=O) groups is 1. The van der Waals surface area contributed by atoms with E-state index in [0.29, 0.717) is 5.69 Å². The molecule has 2 rings (SSSR count). The molecule has 0 heterocycles. The lowest BCUT2D eigenvalue weighted by molar-refractivity contribution is -0.384. The summed E-state index contributed by atoms with van der Waals surface area (Å²) in [6.07, 6.45) is 2.00. The summed E-state index contributed by atoms with van der Waals surface area (Å²) in [6, 6.07) is 5.79. The Morgan fingerprint density at radius 1 is 1.44 bits per heavy atom. The van der Waals surface area contributed by atoms with Crippen molar-refractivity contribution in [2.75, 3.05) is 5.32 Å². The average Bonchev–Trinajstić information content (AvgIpc) is 3.01. The molecule has 0 saturated heterocycles. The lowest BCUT2D eigenvalue weighted by Crippen LogP contribution is -2.30. The molecule has 0 aliphatic heterocycles. The number of nitro benzene ring substituents is 1. The van der Waals surface area contributed by atoms with Crippen LogP contribution in [0.4, 0.5) is 16.2 Å². The molecule has 0 radical (unpaired) electrons. The number of non-ortho nitro benzene ring substituents is 1. The van der Waals surface area contributed by atoms with Crippen molar-refractivity contribution >= 4 is 17.4 Å². The number of nitrogens with one attached hydrogen (secondary N) is 2. The van der Waals surface area contributed by atoms with Crippen molar-refractivity contribution in [2.24, 2.45) is 0 Å². The highest BCUT2D eigenvalue weighted by Gasteiger charge is 2.23. The monoisotopic (exact) mass is 221 g/mol. The summed E-state index contributed by atoms with van der Waals surface area (Å²) in [5.41, 5.74) is 0.386. The number of amides is 2. The van der Waals surface area contributed by atoms with Crippen LogP contribution in [-0.2, 0) is 0 Å². The van der Waals surface area contributed by atoms with Crippen molar-refractivity contribution in [3.63, 3.8) is 0 Å². The Morgan fingerprint density at radius 3 is 2.81 bits per heavy atom. The zero-order valence-corrected chi connectivity index (χ0v) is 8.47. The van der Waals surface area contributed by atoms with Crippen LogP contribution in [0.15, 0.2) is 24.3 Å². The van der Waals surface area contributed by atoms with E-state index in [2.05, 4.69) is 10.6 Å². The first-order valence-corrected chi connectivity index (χ1v) is 4.97. The minimum Gasteiger partial charge on any atom is -0.335 e. The first-order chi connectivity index (χ1) is 7.65. The summed E-state index contributed by atoms with van der Waals surface area (Å²) >= 11 is 0. The molecule has 0 aromatic heterocycles. The van der Waals surface area contributed by atoms with Crippen LogP contribution < -0.4 is 10.6 Å². The van der Waals surface area contributed by atoms with E-state index in [1.54, 1.807) is 6.07 Å². The fourth-order valence-corrected chi connectivity index (χ4v) is 1.28. The number of carbonyl (C=O) groups excluding carboxylic acids is 1. The Hall–Kier alpha value is -2.11. The van der Waals surface area contributed by atoms with Crippen LogP contribution in [-0.4, -0.2) is 17.0 Å². The van der Waals surface area contributed by atoms with Gasteiger partial charge >= 0.3 is 6.03 Å². The Labute approximate surface area is 91.8 Å². The summed E-state index contributed by atoms with van der Waals surface area (Å²) in [6.45, 7) is 0. The number of nitrogens with zero attached hydrogens (tertiary/aromatic N) is 1. The summed E-state index contributed by atoms with van der Waals surface area (Å²) < 4.78 is 0. The van der Waals surface area contributed by atoms with E-state index >= 15 is 0 Å². The molecule has 2 amide bonds. The molecular formula is C10H11N3O3. The molecule has 1 aromatic rings. The number of benzene rings is 1.